The van der Waals surface area contributed by atoms with Crippen molar-refractivity contribution in [1.29, 1.82) is 0 Å². The molecule has 0 aliphatic heterocycles. The highest BCUT2D eigenvalue weighted by molar-refractivity contribution is 4.92. The summed E-state index contributed by atoms with van der Waals surface area (Å²) in [6.07, 6.45) is 6.99. The van der Waals surface area contributed by atoms with Gasteiger partial charge in [0, 0.05) is 12.6 Å². The first-order valence-electron chi connectivity index (χ1n) is 4.67. The molecule has 1 nitrogen and oxygen atoms in total. The molecule has 1 heteroatoms. The molecule has 0 aromatic heterocycles. The Morgan fingerprint density at radius 1 is 1.36 bits per heavy atom. The van der Waals surface area contributed by atoms with Crippen molar-refractivity contribution in [2.45, 2.75) is 45.1 Å². The number of hydrogen-bond acceptors (Lipinski definition) is 1. The minimum atomic E-state index is 0.778. The Bertz CT molecular complexity index is 123. The van der Waals surface area contributed by atoms with Crippen LogP contribution in [0.5, 0.6) is 0 Å². The molecule has 0 saturated heterocycles. The molecular formula is C10H19N. The molecule has 0 bridgehead atoms. The lowest BCUT2D eigenvalue weighted by molar-refractivity contribution is 0.383. The second kappa shape index (κ2) is 4.55. The third kappa shape index (κ3) is 3.57. The molecule has 1 aliphatic rings. The van der Waals surface area contributed by atoms with Crippen LogP contribution >= 0.6 is 0 Å². The van der Waals surface area contributed by atoms with Gasteiger partial charge in [0.2, 0.25) is 0 Å². The normalized spacial score (nSPS) is 20.1. The fourth-order valence-electron chi connectivity index (χ4n) is 1.63. The van der Waals surface area contributed by atoms with Crippen molar-refractivity contribution in [3.63, 3.8) is 0 Å². The van der Waals surface area contributed by atoms with E-state index in [1.54, 1.807) is 0 Å². The predicted octanol–water partition coefficient (Wildman–Crippen LogP) is 2.48. The van der Waals surface area contributed by atoms with Gasteiger partial charge in [-0.25, -0.2) is 0 Å². The van der Waals surface area contributed by atoms with Gasteiger partial charge in [-0.15, -0.1) is 0 Å². The topological polar surface area (TPSA) is 12.0 Å². The number of hydrogen-bond donors (Lipinski definition) is 1. The van der Waals surface area contributed by atoms with Crippen molar-refractivity contribution in [3.8, 4) is 0 Å². The van der Waals surface area contributed by atoms with Gasteiger partial charge in [0.05, 0.1) is 0 Å². The van der Waals surface area contributed by atoms with Crippen LogP contribution in [0.3, 0.4) is 0 Å². The average Bonchev–Trinajstić information content (AvgIpc) is 2.03. The lowest BCUT2D eigenvalue weighted by Gasteiger charge is -2.22. The monoisotopic (exact) mass is 153 g/mol. The van der Waals surface area contributed by atoms with Crippen molar-refractivity contribution in [2.75, 3.05) is 6.54 Å². The Hall–Kier alpha value is -0.300. The van der Waals surface area contributed by atoms with Crippen LogP contribution in [0, 0.1) is 0 Å². The first kappa shape index (κ1) is 8.79. The molecule has 1 N–H and O–H groups in total. The first-order chi connectivity index (χ1) is 5.29. The Morgan fingerprint density at radius 3 is 2.55 bits per heavy atom. The van der Waals surface area contributed by atoms with Crippen LogP contribution in [0.4, 0.5) is 0 Å². The molecule has 1 saturated carbocycles. The molecule has 0 atom stereocenters. The highest BCUT2D eigenvalue weighted by Crippen LogP contribution is 2.17. The second-order valence-corrected chi connectivity index (χ2v) is 3.67. The Balaban J connectivity index is 2.09. The molecule has 0 aromatic rings. The quantitative estimate of drug-likeness (QED) is 0.614. The van der Waals surface area contributed by atoms with Gasteiger partial charge in [0.25, 0.3) is 0 Å². The predicted molar refractivity (Wildman–Crippen MR) is 49.7 cm³/mol. The second-order valence-electron chi connectivity index (χ2n) is 3.67. The molecular weight excluding hydrogens is 134 g/mol. The maximum atomic E-state index is 3.88. The summed E-state index contributed by atoms with van der Waals surface area (Å²) >= 11 is 0. The van der Waals surface area contributed by atoms with Crippen molar-refractivity contribution in [2.24, 2.45) is 0 Å². The third-order valence-corrected chi connectivity index (χ3v) is 2.30. The van der Waals surface area contributed by atoms with Crippen LogP contribution in [0.25, 0.3) is 0 Å². The lowest BCUT2D eigenvalue weighted by Crippen LogP contribution is -2.31. The van der Waals surface area contributed by atoms with Gasteiger partial charge in [-0.05, 0) is 19.8 Å². The largest absolute Gasteiger partial charge is 0.310 e. The van der Waals surface area contributed by atoms with E-state index in [1.165, 1.54) is 37.7 Å². The standard InChI is InChI=1S/C10H19N/c1-9(2)8-11-10-6-4-3-5-7-10/h10-11H,1,3-8H2,2H3. The summed E-state index contributed by atoms with van der Waals surface area (Å²) in [6, 6.07) is 0.778. The van der Waals surface area contributed by atoms with Gasteiger partial charge in [0.1, 0.15) is 0 Å². The van der Waals surface area contributed by atoms with Crippen molar-refractivity contribution >= 4 is 0 Å². The van der Waals surface area contributed by atoms with E-state index in [2.05, 4.69) is 18.8 Å². The molecule has 0 spiro atoms. The Kier molecular flexibility index (Phi) is 3.64. The van der Waals surface area contributed by atoms with E-state index >= 15 is 0 Å². The smallest absolute Gasteiger partial charge is 0.0161 e. The highest BCUT2D eigenvalue weighted by atomic mass is 14.9. The average molecular weight is 153 g/mol. The zero-order valence-electron chi connectivity index (χ0n) is 7.53. The zero-order chi connectivity index (χ0) is 8.10. The van der Waals surface area contributed by atoms with Gasteiger partial charge in [-0.1, -0.05) is 31.4 Å². The zero-order valence-corrected chi connectivity index (χ0v) is 7.53. The molecule has 1 fully saturated rings. The van der Waals surface area contributed by atoms with Crippen LogP contribution in [-0.2, 0) is 0 Å². The molecule has 0 amide bonds. The summed E-state index contributed by atoms with van der Waals surface area (Å²) in [5, 5.41) is 3.52. The fourth-order valence-corrected chi connectivity index (χ4v) is 1.63. The number of nitrogens with one attached hydrogen (secondary N) is 1. The number of rotatable bonds is 3. The maximum absolute atomic E-state index is 3.88. The molecule has 11 heavy (non-hydrogen) atoms. The van der Waals surface area contributed by atoms with E-state index in [-0.39, 0.29) is 0 Å². The van der Waals surface area contributed by atoms with Crippen molar-refractivity contribution < 1.29 is 0 Å². The fraction of sp³-hybridized carbons (Fsp3) is 0.800. The summed E-state index contributed by atoms with van der Waals surface area (Å²) < 4.78 is 0. The summed E-state index contributed by atoms with van der Waals surface area (Å²) in [4.78, 5) is 0. The maximum Gasteiger partial charge on any atom is 0.0161 e. The first-order valence-corrected chi connectivity index (χ1v) is 4.67. The Labute approximate surface area is 69.9 Å². The van der Waals surface area contributed by atoms with Gasteiger partial charge < -0.3 is 5.32 Å². The lowest BCUT2D eigenvalue weighted by atomic mass is 9.95. The van der Waals surface area contributed by atoms with Crippen molar-refractivity contribution in [3.05, 3.63) is 12.2 Å². The van der Waals surface area contributed by atoms with E-state index in [9.17, 15) is 0 Å². The molecule has 64 valence electrons. The summed E-state index contributed by atoms with van der Waals surface area (Å²) in [7, 11) is 0. The van der Waals surface area contributed by atoms with Crippen LogP contribution in [-0.4, -0.2) is 12.6 Å². The van der Waals surface area contributed by atoms with E-state index in [4.69, 9.17) is 0 Å². The van der Waals surface area contributed by atoms with E-state index in [1.807, 2.05) is 0 Å². The Morgan fingerprint density at radius 2 is 2.00 bits per heavy atom. The van der Waals surface area contributed by atoms with Crippen LogP contribution in [0.1, 0.15) is 39.0 Å². The molecule has 1 aliphatic carbocycles. The minimum absolute atomic E-state index is 0.778. The van der Waals surface area contributed by atoms with Gasteiger partial charge in [-0.2, -0.15) is 0 Å². The highest BCUT2D eigenvalue weighted by Gasteiger charge is 2.11. The molecule has 0 heterocycles. The molecule has 1 rings (SSSR count). The van der Waals surface area contributed by atoms with Crippen LogP contribution < -0.4 is 5.32 Å². The molecule has 0 aromatic carbocycles. The van der Waals surface area contributed by atoms with E-state index in [0.717, 1.165) is 12.6 Å². The summed E-state index contributed by atoms with van der Waals surface area (Å²) in [5.74, 6) is 0. The van der Waals surface area contributed by atoms with E-state index < -0.39 is 0 Å². The van der Waals surface area contributed by atoms with Gasteiger partial charge in [0.15, 0.2) is 0 Å². The van der Waals surface area contributed by atoms with Gasteiger partial charge in [-0.3, -0.25) is 0 Å². The van der Waals surface area contributed by atoms with Crippen molar-refractivity contribution in [1.82, 2.24) is 5.32 Å². The molecule has 0 unspecified atom stereocenters. The third-order valence-electron chi connectivity index (χ3n) is 2.30. The van der Waals surface area contributed by atoms with Crippen LogP contribution in [0.2, 0.25) is 0 Å². The SMILES string of the molecule is C=C(C)CNC1CCCCC1. The molecule has 0 radical (unpaired) electrons. The minimum Gasteiger partial charge on any atom is -0.310 e. The summed E-state index contributed by atoms with van der Waals surface area (Å²) in [6.45, 7) is 6.96. The van der Waals surface area contributed by atoms with E-state index in [0.29, 0.717) is 0 Å². The van der Waals surface area contributed by atoms with Gasteiger partial charge >= 0.3 is 0 Å². The summed E-state index contributed by atoms with van der Waals surface area (Å²) in [5.41, 5.74) is 1.25. The van der Waals surface area contributed by atoms with Crippen LogP contribution in [0.15, 0.2) is 12.2 Å².